The van der Waals surface area contributed by atoms with Gasteiger partial charge in [-0.2, -0.15) is 0 Å². The summed E-state index contributed by atoms with van der Waals surface area (Å²) in [6.07, 6.45) is -0.228. The fourth-order valence-electron chi connectivity index (χ4n) is 2.53. The lowest BCUT2D eigenvalue weighted by atomic mass is 10.1. The van der Waals surface area contributed by atoms with Crippen molar-refractivity contribution in [2.45, 2.75) is 24.3 Å². The molecule has 2 rings (SSSR count). The van der Waals surface area contributed by atoms with E-state index in [0.717, 1.165) is 11.3 Å². The van der Waals surface area contributed by atoms with Gasteiger partial charge in [0, 0.05) is 26.3 Å². The van der Waals surface area contributed by atoms with E-state index in [9.17, 15) is 13.5 Å². The number of nitrogens with one attached hydrogen (secondary N) is 1. The molecule has 0 aliphatic rings. The molecule has 0 aromatic heterocycles. The third-order valence-corrected chi connectivity index (χ3v) is 5.63. The van der Waals surface area contributed by atoms with Crippen LogP contribution in [0.25, 0.3) is 0 Å². The Morgan fingerprint density at radius 2 is 1.81 bits per heavy atom. The molecule has 0 amide bonds. The van der Waals surface area contributed by atoms with Crippen LogP contribution in [0.4, 0.5) is 5.69 Å². The van der Waals surface area contributed by atoms with Crippen LogP contribution in [0.1, 0.15) is 24.2 Å². The summed E-state index contributed by atoms with van der Waals surface area (Å²) < 4.78 is 32.9. The first-order chi connectivity index (χ1) is 12.3. The Labute approximate surface area is 155 Å². The molecule has 0 spiro atoms. The first kappa shape index (κ1) is 20.2. The van der Waals surface area contributed by atoms with Crippen LogP contribution >= 0.6 is 0 Å². The largest absolute Gasteiger partial charge is 0.495 e. The van der Waals surface area contributed by atoms with Gasteiger partial charge in [0.05, 0.1) is 13.2 Å². The molecule has 0 aliphatic heterocycles. The Hall–Kier alpha value is -2.09. The molecule has 142 valence electrons. The summed E-state index contributed by atoms with van der Waals surface area (Å²) in [5.41, 5.74) is 2.54. The number of ether oxygens (including phenoxy) is 1. The number of aliphatic hydroxyl groups excluding tert-OH is 1. The zero-order valence-corrected chi connectivity index (χ0v) is 16.4. The summed E-state index contributed by atoms with van der Waals surface area (Å²) in [6, 6.07) is 12.4. The molecule has 0 saturated heterocycles. The number of hydrogen-bond acceptors (Lipinski definition) is 5. The molecule has 0 fully saturated rings. The molecule has 6 nitrogen and oxygen atoms in total. The molecule has 26 heavy (non-hydrogen) atoms. The number of aliphatic hydroxyl groups is 1. The van der Waals surface area contributed by atoms with E-state index in [0.29, 0.717) is 12.0 Å². The highest BCUT2D eigenvalue weighted by molar-refractivity contribution is 7.89. The van der Waals surface area contributed by atoms with Crippen LogP contribution in [0.3, 0.4) is 0 Å². The van der Waals surface area contributed by atoms with Crippen LogP contribution < -0.4 is 14.4 Å². The first-order valence-corrected chi connectivity index (χ1v) is 9.88. The normalized spacial score (nSPS) is 12.7. The second-order valence-electron chi connectivity index (χ2n) is 6.19. The number of nitrogens with zero attached hydrogens (tertiary/aromatic N) is 1. The van der Waals surface area contributed by atoms with Gasteiger partial charge < -0.3 is 14.7 Å². The predicted octanol–water partition coefficient (Wildman–Crippen LogP) is 2.34. The lowest BCUT2D eigenvalue weighted by Gasteiger charge is -2.16. The Kier molecular flexibility index (Phi) is 6.63. The standard InChI is InChI=1S/C19H26N2O4S/c1-5-14-6-11-18(25-4)19(12-14)26(23,24)20-13-17(22)15-7-9-16(10-8-15)21(2)3/h6-12,17,20,22H,5,13H2,1-4H3. The summed E-state index contributed by atoms with van der Waals surface area (Å²) in [5, 5.41) is 10.3. The van der Waals surface area contributed by atoms with E-state index >= 15 is 0 Å². The lowest BCUT2D eigenvalue weighted by Crippen LogP contribution is -2.29. The van der Waals surface area contributed by atoms with E-state index in [4.69, 9.17) is 4.74 Å². The first-order valence-electron chi connectivity index (χ1n) is 8.40. The van der Waals surface area contributed by atoms with Crippen molar-refractivity contribution in [3.8, 4) is 5.75 Å². The maximum atomic E-state index is 12.7. The van der Waals surface area contributed by atoms with Gasteiger partial charge in [-0.3, -0.25) is 0 Å². The van der Waals surface area contributed by atoms with E-state index in [1.165, 1.54) is 7.11 Å². The van der Waals surface area contributed by atoms with Gasteiger partial charge in [0.25, 0.3) is 0 Å². The van der Waals surface area contributed by atoms with E-state index in [1.54, 1.807) is 24.3 Å². The number of aryl methyl sites for hydroxylation is 1. The van der Waals surface area contributed by atoms with Crippen molar-refractivity contribution in [2.75, 3.05) is 32.6 Å². The molecule has 0 radical (unpaired) electrons. The van der Waals surface area contributed by atoms with Gasteiger partial charge in [0.1, 0.15) is 10.6 Å². The molecular formula is C19H26N2O4S. The zero-order valence-electron chi connectivity index (χ0n) is 15.6. The summed E-state index contributed by atoms with van der Waals surface area (Å²) >= 11 is 0. The Balaban J connectivity index is 2.14. The molecule has 2 N–H and O–H groups in total. The van der Waals surface area contributed by atoms with Crippen molar-refractivity contribution < 1.29 is 18.3 Å². The van der Waals surface area contributed by atoms with E-state index < -0.39 is 16.1 Å². The minimum absolute atomic E-state index is 0.0782. The Morgan fingerprint density at radius 3 is 2.35 bits per heavy atom. The summed E-state index contributed by atoms with van der Waals surface area (Å²) in [7, 11) is 1.48. The smallest absolute Gasteiger partial charge is 0.244 e. The molecule has 0 bridgehead atoms. The van der Waals surface area contributed by atoms with Gasteiger partial charge in [0.15, 0.2) is 0 Å². The third kappa shape index (κ3) is 4.75. The summed E-state index contributed by atoms with van der Waals surface area (Å²) in [6.45, 7) is 1.83. The summed E-state index contributed by atoms with van der Waals surface area (Å²) in [5.74, 6) is 0.277. The van der Waals surface area contributed by atoms with Crippen LogP contribution in [0.5, 0.6) is 5.75 Å². The monoisotopic (exact) mass is 378 g/mol. The molecule has 0 saturated carbocycles. The van der Waals surface area contributed by atoms with Gasteiger partial charge in [0.2, 0.25) is 10.0 Å². The maximum absolute atomic E-state index is 12.7. The van der Waals surface area contributed by atoms with E-state index in [2.05, 4.69) is 4.72 Å². The van der Waals surface area contributed by atoms with Crippen LogP contribution in [-0.4, -0.2) is 41.3 Å². The quantitative estimate of drug-likeness (QED) is 0.737. The average Bonchev–Trinajstić information content (AvgIpc) is 2.65. The van der Waals surface area contributed by atoms with Crippen molar-refractivity contribution in [2.24, 2.45) is 0 Å². The Bertz CT molecular complexity index is 833. The molecular weight excluding hydrogens is 352 g/mol. The number of sulfonamides is 1. The molecule has 0 heterocycles. The van der Waals surface area contributed by atoms with Crippen molar-refractivity contribution >= 4 is 15.7 Å². The number of rotatable bonds is 8. The third-order valence-electron chi connectivity index (χ3n) is 4.19. The second kappa shape index (κ2) is 8.53. The number of benzene rings is 2. The SMILES string of the molecule is CCc1ccc(OC)c(S(=O)(=O)NCC(O)c2ccc(N(C)C)cc2)c1. The topological polar surface area (TPSA) is 78.9 Å². The summed E-state index contributed by atoms with van der Waals surface area (Å²) in [4.78, 5) is 2.03. The molecule has 1 unspecified atom stereocenters. The predicted molar refractivity (Wildman–Crippen MR) is 103 cm³/mol. The highest BCUT2D eigenvalue weighted by Gasteiger charge is 2.21. The van der Waals surface area contributed by atoms with Crippen molar-refractivity contribution in [3.05, 3.63) is 53.6 Å². The van der Waals surface area contributed by atoms with Gasteiger partial charge in [-0.25, -0.2) is 13.1 Å². The Morgan fingerprint density at radius 1 is 1.15 bits per heavy atom. The van der Waals surface area contributed by atoms with Gasteiger partial charge in [-0.1, -0.05) is 25.1 Å². The van der Waals surface area contributed by atoms with Crippen molar-refractivity contribution in [3.63, 3.8) is 0 Å². The van der Waals surface area contributed by atoms with Crippen LogP contribution in [0.15, 0.2) is 47.4 Å². The maximum Gasteiger partial charge on any atom is 0.244 e. The van der Waals surface area contributed by atoms with Crippen molar-refractivity contribution in [1.29, 1.82) is 0 Å². The molecule has 1 atom stereocenters. The number of anilines is 1. The molecule has 0 aliphatic carbocycles. The highest BCUT2D eigenvalue weighted by atomic mass is 32.2. The van der Waals surface area contributed by atoms with Gasteiger partial charge in [-0.15, -0.1) is 0 Å². The van der Waals surface area contributed by atoms with Crippen LogP contribution in [0.2, 0.25) is 0 Å². The average molecular weight is 378 g/mol. The fourth-order valence-corrected chi connectivity index (χ4v) is 3.79. The molecule has 2 aromatic carbocycles. The molecule has 2 aromatic rings. The minimum atomic E-state index is -3.80. The highest BCUT2D eigenvalue weighted by Crippen LogP contribution is 2.25. The van der Waals surface area contributed by atoms with Gasteiger partial charge >= 0.3 is 0 Å². The zero-order chi connectivity index (χ0) is 19.3. The van der Waals surface area contributed by atoms with Gasteiger partial charge in [-0.05, 0) is 41.8 Å². The van der Waals surface area contributed by atoms with Crippen molar-refractivity contribution in [1.82, 2.24) is 4.72 Å². The van der Waals surface area contributed by atoms with E-state index in [-0.39, 0.29) is 17.2 Å². The molecule has 7 heteroatoms. The van der Waals surface area contributed by atoms with Crippen LogP contribution in [0, 0.1) is 0 Å². The van der Waals surface area contributed by atoms with Crippen LogP contribution in [-0.2, 0) is 16.4 Å². The fraction of sp³-hybridized carbons (Fsp3) is 0.368. The minimum Gasteiger partial charge on any atom is -0.495 e. The second-order valence-corrected chi connectivity index (χ2v) is 7.93. The van der Waals surface area contributed by atoms with E-state index in [1.807, 2.05) is 44.1 Å². The lowest BCUT2D eigenvalue weighted by molar-refractivity contribution is 0.182. The number of hydrogen-bond donors (Lipinski definition) is 2. The number of methoxy groups -OCH3 is 1.